The molecular weight excluding hydrogens is 506 g/mol. The van der Waals surface area contributed by atoms with E-state index >= 15 is 0 Å². The molecule has 0 aliphatic rings. The molecule has 7 nitrogen and oxygen atoms in total. The van der Waals surface area contributed by atoms with Gasteiger partial charge < -0.3 is 5.73 Å². The Hall–Kier alpha value is -3.48. The first-order chi connectivity index (χ1) is 17.9. The Kier molecular flexibility index (Phi) is 8.74. The van der Waals surface area contributed by atoms with Gasteiger partial charge in [-0.05, 0) is 62.4 Å². The topological polar surface area (TPSA) is 93.2 Å². The predicted octanol–water partition coefficient (Wildman–Crippen LogP) is 4.67. The number of nitrogens with one attached hydrogen (secondary N) is 1. The summed E-state index contributed by atoms with van der Waals surface area (Å²) in [5.41, 5.74) is 10.9. The number of nitrogens with zero attached hydrogens (tertiary/aromatic N) is 3. The highest BCUT2D eigenvalue weighted by atomic mass is 35.5. The highest BCUT2D eigenvalue weighted by Crippen LogP contribution is 2.29. The molecule has 4 aromatic rings. The summed E-state index contributed by atoms with van der Waals surface area (Å²) in [4.78, 5) is 19.2. The van der Waals surface area contributed by atoms with Crippen LogP contribution in [0.2, 0.25) is 5.02 Å². The average Bonchev–Trinajstić information content (AvgIpc) is 2.90. The van der Waals surface area contributed by atoms with E-state index in [-0.39, 0.29) is 12.0 Å². The molecule has 0 amide bonds. The van der Waals surface area contributed by atoms with Crippen LogP contribution in [0.5, 0.6) is 0 Å². The van der Waals surface area contributed by atoms with Crippen LogP contribution < -0.4 is 16.7 Å². The van der Waals surface area contributed by atoms with Crippen molar-refractivity contribution in [2.24, 2.45) is 5.73 Å². The van der Waals surface area contributed by atoms with Gasteiger partial charge in [-0.15, -0.1) is 12.3 Å². The van der Waals surface area contributed by atoms with Crippen molar-refractivity contribution < 1.29 is 4.21 Å². The maximum absolute atomic E-state index is 13.9. The van der Waals surface area contributed by atoms with Crippen molar-refractivity contribution in [1.82, 2.24) is 14.0 Å². The fourth-order valence-electron chi connectivity index (χ4n) is 3.97. The van der Waals surface area contributed by atoms with Gasteiger partial charge in [0, 0.05) is 18.0 Å². The lowest BCUT2D eigenvalue weighted by atomic mass is 10.1. The van der Waals surface area contributed by atoms with E-state index in [0.29, 0.717) is 51.8 Å². The van der Waals surface area contributed by atoms with Crippen molar-refractivity contribution >= 4 is 39.2 Å². The van der Waals surface area contributed by atoms with Gasteiger partial charge in [-0.3, -0.25) is 10.2 Å². The van der Waals surface area contributed by atoms with E-state index < -0.39 is 17.0 Å². The molecule has 0 saturated heterocycles. The number of anilines is 1. The number of nitrogens with two attached hydrogens (primary N) is 1. The van der Waals surface area contributed by atoms with Crippen molar-refractivity contribution in [3.8, 4) is 12.3 Å². The van der Waals surface area contributed by atoms with E-state index in [4.69, 9.17) is 28.7 Å². The Labute approximate surface area is 223 Å². The Morgan fingerprint density at radius 3 is 2.57 bits per heavy atom. The maximum atomic E-state index is 13.9. The van der Waals surface area contributed by atoms with Gasteiger partial charge in [-0.1, -0.05) is 47.5 Å². The third-order valence-corrected chi connectivity index (χ3v) is 7.62. The van der Waals surface area contributed by atoms with Crippen LogP contribution in [0, 0.1) is 19.3 Å². The van der Waals surface area contributed by atoms with Gasteiger partial charge in [-0.2, -0.15) is 0 Å². The number of terminal acetylenes is 1. The van der Waals surface area contributed by atoms with Gasteiger partial charge in [0.25, 0.3) is 5.56 Å². The van der Waals surface area contributed by atoms with Gasteiger partial charge in [0.1, 0.15) is 11.0 Å². The Balaban J connectivity index is 1.92. The molecule has 0 radical (unpaired) electrons. The van der Waals surface area contributed by atoms with Gasteiger partial charge in [0.05, 0.1) is 27.5 Å². The van der Waals surface area contributed by atoms with E-state index in [1.165, 1.54) is 4.68 Å². The third kappa shape index (κ3) is 6.09. The predicted molar refractivity (Wildman–Crippen MR) is 151 cm³/mol. The van der Waals surface area contributed by atoms with E-state index in [1.54, 1.807) is 22.5 Å². The smallest absolute Gasteiger partial charge is 0.280 e. The molecule has 4 rings (SSSR count). The lowest BCUT2D eigenvalue weighted by molar-refractivity contribution is 0.325. The summed E-state index contributed by atoms with van der Waals surface area (Å²) in [5, 5.41) is 0.847. The monoisotopic (exact) mass is 533 g/mol. The van der Waals surface area contributed by atoms with Crippen LogP contribution in [0.1, 0.15) is 30.3 Å². The number of hydrogen-bond acceptors (Lipinski definition) is 5. The van der Waals surface area contributed by atoms with Gasteiger partial charge in [-0.25, -0.2) is 18.2 Å². The number of rotatable bonds is 10. The second-order valence-electron chi connectivity index (χ2n) is 8.52. The van der Waals surface area contributed by atoms with Crippen molar-refractivity contribution in [2.45, 2.75) is 30.7 Å². The highest BCUT2D eigenvalue weighted by molar-refractivity contribution is 7.82. The Bertz CT molecular complexity index is 1500. The highest BCUT2D eigenvalue weighted by Gasteiger charge is 2.30. The van der Waals surface area contributed by atoms with E-state index in [0.717, 1.165) is 5.56 Å². The molecule has 1 heterocycles. The second-order valence-corrected chi connectivity index (χ2v) is 10.4. The molecule has 1 aromatic heterocycles. The molecule has 3 N–H and O–H groups in total. The second kappa shape index (κ2) is 12.2. The molecule has 9 heteroatoms. The zero-order valence-electron chi connectivity index (χ0n) is 20.4. The largest absolute Gasteiger partial charge is 0.330 e. The number of aromatic nitrogens is 2. The molecule has 1 unspecified atom stereocenters. The maximum Gasteiger partial charge on any atom is 0.280 e. The van der Waals surface area contributed by atoms with Gasteiger partial charge in [0.15, 0.2) is 5.82 Å². The van der Waals surface area contributed by atoms with Crippen LogP contribution in [0.3, 0.4) is 0 Å². The number of halogens is 1. The van der Waals surface area contributed by atoms with Crippen LogP contribution in [0.15, 0.2) is 82.5 Å². The number of aryl methyl sites for hydroxylation is 1. The lowest BCUT2D eigenvalue weighted by Gasteiger charge is -2.30. The first kappa shape index (κ1) is 26.6. The standard InChI is InChI=1S/C28H28ClN5O2S/c1-3-8-26(33(18-7-17-30)37(36)23-14-11-20(2)12-15-23)27-31-25-19-21(29)13-16-24(25)28(35)34(27)32-22-9-5-4-6-10-22/h1,4-6,9-16,19,26,32H,7-8,17-18,30H2,2H3/t26-,37?/m1/s1. The van der Waals surface area contributed by atoms with Crippen LogP contribution in [0.25, 0.3) is 10.9 Å². The summed E-state index contributed by atoms with van der Waals surface area (Å²) in [7, 11) is -1.59. The molecular formula is C28H28ClN5O2S. The summed E-state index contributed by atoms with van der Waals surface area (Å²) in [6.07, 6.45) is 6.55. The minimum absolute atomic E-state index is 0.164. The normalized spacial score (nSPS) is 12.8. The molecule has 0 fully saturated rings. The van der Waals surface area contributed by atoms with Crippen molar-refractivity contribution in [2.75, 3.05) is 18.5 Å². The van der Waals surface area contributed by atoms with Crippen molar-refractivity contribution in [3.05, 3.63) is 99.6 Å². The minimum Gasteiger partial charge on any atom is -0.330 e. The van der Waals surface area contributed by atoms with Crippen molar-refractivity contribution in [1.29, 1.82) is 0 Å². The minimum atomic E-state index is -1.59. The van der Waals surface area contributed by atoms with E-state index in [9.17, 15) is 9.00 Å². The molecule has 0 saturated carbocycles. The number of hydrogen-bond donors (Lipinski definition) is 2. The third-order valence-electron chi connectivity index (χ3n) is 5.85. The summed E-state index contributed by atoms with van der Waals surface area (Å²) >= 11 is 6.24. The molecule has 2 atom stereocenters. The van der Waals surface area contributed by atoms with Crippen LogP contribution in [0.4, 0.5) is 5.69 Å². The van der Waals surface area contributed by atoms with E-state index in [2.05, 4.69) is 11.3 Å². The Morgan fingerprint density at radius 2 is 1.89 bits per heavy atom. The van der Waals surface area contributed by atoms with Gasteiger partial charge in [0.2, 0.25) is 0 Å². The van der Waals surface area contributed by atoms with Crippen LogP contribution >= 0.6 is 11.6 Å². The average molecular weight is 534 g/mol. The Morgan fingerprint density at radius 1 is 1.16 bits per heavy atom. The van der Waals surface area contributed by atoms with Crippen molar-refractivity contribution in [3.63, 3.8) is 0 Å². The zero-order chi connectivity index (χ0) is 26.4. The quantitative estimate of drug-likeness (QED) is 0.289. The fourth-order valence-corrected chi connectivity index (χ4v) is 5.48. The summed E-state index contributed by atoms with van der Waals surface area (Å²) in [6, 6.07) is 21.1. The zero-order valence-corrected chi connectivity index (χ0v) is 22.0. The lowest BCUT2D eigenvalue weighted by Crippen LogP contribution is -2.39. The fraction of sp³-hybridized carbons (Fsp3) is 0.214. The van der Waals surface area contributed by atoms with Crippen LogP contribution in [-0.2, 0) is 11.0 Å². The molecule has 0 aliphatic carbocycles. The summed E-state index contributed by atoms with van der Waals surface area (Å²) in [5.74, 6) is 3.02. The molecule has 190 valence electrons. The molecule has 0 aliphatic heterocycles. The van der Waals surface area contributed by atoms with Gasteiger partial charge >= 0.3 is 0 Å². The first-order valence-electron chi connectivity index (χ1n) is 11.9. The van der Waals surface area contributed by atoms with E-state index in [1.807, 2.05) is 61.5 Å². The SMILES string of the molecule is C#CC[C@H](c1nc2cc(Cl)ccc2c(=O)n1Nc1ccccc1)N(CCCN)S(=O)c1ccc(C)cc1. The first-order valence-corrected chi connectivity index (χ1v) is 13.3. The summed E-state index contributed by atoms with van der Waals surface area (Å²) in [6.45, 7) is 2.76. The summed E-state index contributed by atoms with van der Waals surface area (Å²) < 4.78 is 17.0. The number of para-hydroxylation sites is 1. The number of fused-ring (bicyclic) bond motifs is 1. The molecule has 0 spiro atoms. The van der Waals surface area contributed by atoms with Crippen LogP contribution in [-0.4, -0.2) is 31.3 Å². The number of benzene rings is 3. The molecule has 3 aromatic carbocycles. The molecule has 0 bridgehead atoms. The molecule has 37 heavy (non-hydrogen) atoms.